The summed E-state index contributed by atoms with van der Waals surface area (Å²) in [4.78, 5) is 26.8. The number of carbonyl (C=O) groups is 2. The topological polar surface area (TPSA) is 54.3 Å². The van der Waals surface area contributed by atoms with Crippen molar-refractivity contribution in [2.75, 3.05) is 6.54 Å². The molecule has 0 spiro atoms. The van der Waals surface area contributed by atoms with Crippen LogP contribution in [0.3, 0.4) is 0 Å². The molecule has 3 rings (SSSR count). The molecule has 1 fully saturated rings. The summed E-state index contributed by atoms with van der Waals surface area (Å²) < 4.78 is 2.12. The van der Waals surface area contributed by atoms with Crippen LogP contribution in [-0.4, -0.2) is 32.9 Å². The van der Waals surface area contributed by atoms with Gasteiger partial charge in [-0.15, -0.1) is 0 Å². The van der Waals surface area contributed by atoms with E-state index in [0.717, 1.165) is 35.5 Å². The lowest BCUT2D eigenvalue weighted by atomic mass is 10.1. The zero-order valence-electron chi connectivity index (χ0n) is 16.7. The molecule has 2 heterocycles. The molecule has 0 saturated carbocycles. The number of thiocarbonyl (C=S) groups is 1. The van der Waals surface area contributed by atoms with E-state index >= 15 is 0 Å². The van der Waals surface area contributed by atoms with E-state index in [0.29, 0.717) is 6.54 Å². The van der Waals surface area contributed by atoms with Crippen molar-refractivity contribution in [2.24, 2.45) is 0 Å². The lowest BCUT2D eigenvalue weighted by Crippen LogP contribution is -2.54. The molecule has 1 aliphatic rings. The summed E-state index contributed by atoms with van der Waals surface area (Å²) in [6.45, 7) is 8.61. The lowest BCUT2D eigenvalue weighted by molar-refractivity contribution is -0.128. The van der Waals surface area contributed by atoms with Crippen LogP contribution in [0.25, 0.3) is 11.8 Å². The Hall–Kier alpha value is -2.73. The molecule has 2 aromatic rings. The number of unbranched alkanes of at least 4 members (excludes halogenated alkanes) is 1. The summed E-state index contributed by atoms with van der Waals surface area (Å²) in [5.41, 5.74) is 5.23. The Bertz CT molecular complexity index is 970. The highest BCUT2D eigenvalue weighted by Gasteiger charge is 2.33. The van der Waals surface area contributed by atoms with Gasteiger partial charge in [0.05, 0.1) is 0 Å². The average Bonchev–Trinajstić information content (AvgIpc) is 2.93. The van der Waals surface area contributed by atoms with E-state index in [1.165, 1.54) is 10.5 Å². The van der Waals surface area contributed by atoms with Crippen molar-refractivity contribution in [1.29, 1.82) is 0 Å². The largest absolute Gasteiger partial charge is 0.318 e. The summed E-state index contributed by atoms with van der Waals surface area (Å²) in [6.07, 6.45) is 3.44. The van der Waals surface area contributed by atoms with Crippen LogP contribution in [-0.2, 0) is 9.59 Å². The first kappa shape index (κ1) is 20.0. The number of amides is 2. The number of hydrogen-bond donors (Lipinski definition) is 1. The van der Waals surface area contributed by atoms with Gasteiger partial charge in [-0.05, 0) is 69.2 Å². The first-order chi connectivity index (χ1) is 13.3. The molecule has 1 aromatic heterocycles. The molecular weight excluding hydrogens is 370 g/mol. The molecule has 2 amide bonds. The van der Waals surface area contributed by atoms with Gasteiger partial charge in [-0.25, -0.2) is 0 Å². The van der Waals surface area contributed by atoms with Crippen molar-refractivity contribution < 1.29 is 9.59 Å². The quantitative estimate of drug-likeness (QED) is 0.476. The molecular formula is C22H25N3O2S. The van der Waals surface area contributed by atoms with Crippen molar-refractivity contribution in [3.63, 3.8) is 0 Å². The zero-order valence-corrected chi connectivity index (χ0v) is 17.5. The minimum atomic E-state index is -0.442. The Labute approximate surface area is 171 Å². The third-order valence-corrected chi connectivity index (χ3v) is 5.31. The SMILES string of the molecule is CCCCN1C(=O)C(=Cc2cc(C)n(-c3ccc(C)cc3)c2C)C(=O)NC1=S. The van der Waals surface area contributed by atoms with Gasteiger partial charge in [-0.3, -0.25) is 19.8 Å². The third kappa shape index (κ3) is 3.78. The minimum absolute atomic E-state index is 0.119. The second kappa shape index (κ2) is 8.10. The van der Waals surface area contributed by atoms with Gasteiger partial charge in [0.15, 0.2) is 5.11 Å². The van der Waals surface area contributed by atoms with E-state index in [4.69, 9.17) is 12.2 Å². The third-order valence-electron chi connectivity index (χ3n) is 4.98. The fourth-order valence-corrected chi connectivity index (χ4v) is 3.66. The standard InChI is InChI=1S/C22H25N3O2S/c1-5-6-11-24-21(27)19(20(26)23-22(24)28)13-17-12-15(3)25(16(17)4)18-9-7-14(2)8-10-18/h7-10,12-13H,5-6,11H2,1-4H3,(H,23,26,28). The molecule has 0 radical (unpaired) electrons. The molecule has 1 N–H and O–H groups in total. The van der Waals surface area contributed by atoms with E-state index < -0.39 is 5.91 Å². The predicted molar refractivity (Wildman–Crippen MR) is 115 cm³/mol. The molecule has 6 heteroatoms. The van der Waals surface area contributed by atoms with Gasteiger partial charge in [0.1, 0.15) is 5.57 Å². The fourth-order valence-electron chi connectivity index (χ4n) is 3.39. The van der Waals surface area contributed by atoms with E-state index in [9.17, 15) is 9.59 Å². The molecule has 146 valence electrons. The molecule has 5 nitrogen and oxygen atoms in total. The second-order valence-electron chi connectivity index (χ2n) is 7.13. The van der Waals surface area contributed by atoms with Crippen molar-refractivity contribution in [1.82, 2.24) is 14.8 Å². The maximum atomic E-state index is 12.9. The monoisotopic (exact) mass is 395 g/mol. The van der Waals surface area contributed by atoms with Crippen LogP contribution < -0.4 is 5.32 Å². The number of nitrogens with zero attached hydrogens (tertiary/aromatic N) is 2. The van der Waals surface area contributed by atoms with Gasteiger partial charge < -0.3 is 4.57 Å². The average molecular weight is 396 g/mol. The van der Waals surface area contributed by atoms with Crippen LogP contribution in [0.4, 0.5) is 0 Å². The summed E-state index contributed by atoms with van der Waals surface area (Å²) >= 11 is 5.18. The number of aryl methyl sites for hydroxylation is 2. The van der Waals surface area contributed by atoms with Crippen LogP contribution >= 0.6 is 12.2 Å². The minimum Gasteiger partial charge on any atom is -0.318 e. The van der Waals surface area contributed by atoms with Crippen LogP contribution in [0.5, 0.6) is 0 Å². The number of nitrogens with one attached hydrogen (secondary N) is 1. The Morgan fingerprint density at radius 3 is 2.43 bits per heavy atom. The smallest absolute Gasteiger partial charge is 0.265 e. The van der Waals surface area contributed by atoms with Gasteiger partial charge in [0.2, 0.25) is 0 Å². The Morgan fingerprint density at radius 2 is 1.79 bits per heavy atom. The highest BCUT2D eigenvalue weighted by atomic mass is 32.1. The fraction of sp³-hybridized carbons (Fsp3) is 0.318. The van der Waals surface area contributed by atoms with E-state index in [1.807, 2.05) is 26.8 Å². The van der Waals surface area contributed by atoms with Crippen molar-refractivity contribution in [3.05, 3.63) is 58.4 Å². The summed E-state index contributed by atoms with van der Waals surface area (Å²) in [5.74, 6) is -0.773. The summed E-state index contributed by atoms with van der Waals surface area (Å²) in [7, 11) is 0. The Balaban J connectivity index is 1.99. The van der Waals surface area contributed by atoms with E-state index in [-0.39, 0.29) is 16.6 Å². The van der Waals surface area contributed by atoms with Gasteiger partial charge in [0.25, 0.3) is 11.8 Å². The second-order valence-corrected chi connectivity index (χ2v) is 7.51. The lowest BCUT2D eigenvalue weighted by Gasteiger charge is -2.28. The highest BCUT2D eigenvalue weighted by molar-refractivity contribution is 7.80. The molecule has 1 saturated heterocycles. The van der Waals surface area contributed by atoms with E-state index in [2.05, 4.69) is 41.1 Å². The number of carbonyl (C=O) groups excluding carboxylic acids is 2. The van der Waals surface area contributed by atoms with Gasteiger partial charge >= 0.3 is 0 Å². The maximum Gasteiger partial charge on any atom is 0.265 e. The van der Waals surface area contributed by atoms with Gasteiger partial charge in [-0.2, -0.15) is 0 Å². The number of hydrogen-bond acceptors (Lipinski definition) is 3. The van der Waals surface area contributed by atoms with Crippen LogP contribution in [0.2, 0.25) is 0 Å². The zero-order chi connectivity index (χ0) is 20.4. The van der Waals surface area contributed by atoms with Crippen molar-refractivity contribution >= 4 is 35.2 Å². The molecule has 0 aliphatic carbocycles. The molecule has 0 bridgehead atoms. The summed E-state index contributed by atoms with van der Waals surface area (Å²) in [6, 6.07) is 10.3. The van der Waals surface area contributed by atoms with Gasteiger partial charge in [-0.1, -0.05) is 31.0 Å². The van der Waals surface area contributed by atoms with Crippen molar-refractivity contribution in [3.8, 4) is 5.69 Å². The highest BCUT2D eigenvalue weighted by Crippen LogP contribution is 2.24. The number of aromatic nitrogens is 1. The Morgan fingerprint density at radius 1 is 1.11 bits per heavy atom. The predicted octanol–water partition coefficient (Wildman–Crippen LogP) is 3.83. The number of rotatable bonds is 5. The summed E-state index contributed by atoms with van der Waals surface area (Å²) in [5, 5.41) is 2.83. The van der Waals surface area contributed by atoms with Gasteiger partial charge in [0, 0.05) is 23.6 Å². The maximum absolute atomic E-state index is 12.9. The Kier molecular flexibility index (Phi) is 5.79. The van der Waals surface area contributed by atoms with Crippen LogP contribution in [0, 0.1) is 20.8 Å². The van der Waals surface area contributed by atoms with Crippen molar-refractivity contribution in [2.45, 2.75) is 40.5 Å². The van der Waals surface area contributed by atoms with E-state index in [1.54, 1.807) is 6.08 Å². The molecule has 0 atom stereocenters. The van der Waals surface area contributed by atoms with Crippen LogP contribution in [0.15, 0.2) is 35.9 Å². The molecule has 1 aliphatic heterocycles. The van der Waals surface area contributed by atoms with Crippen LogP contribution in [0.1, 0.15) is 42.3 Å². The molecule has 1 aromatic carbocycles. The first-order valence-corrected chi connectivity index (χ1v) is 9.89. The first-order valence-electron chi connectivity index (χ1n) is 9.48. The molecule has 0 unspecified atom stereocenters. The normalized spacial score (nSPS) is 16.1. The molecule has 28 heavy (non-hydrogen) atoms. The number of benzene rings is 1.